The van der Waals surface area contributed by atoms with Gasteiger partial charge in [-0.25, -0.2) is 0 Å². The van der Waals surface area contributed by atoms with Crippen LogP contribution in [0.3, 0.4) is 0 Å². The van der Waals surface area contributed by atoms with Crippen LogP contribution in [0.25, 0.3) is 11.7 Å². The number of likely N-dealkylation sites (N-methyl/N-ethyl adjacent to an activating group) is 1. The Labute approximate surface area is 173 Å². The number of nitrogens with zero attached hydrogens (tertiary/aromatic N) is 5. The number of rotatable bonds is 7. The van der Waals surface area contributed by atoms with E-state index in [0.717, 1.165) is 17.4 Å². The highest BCUT2D eigenvalue weighted by Gasteiger charge is 2.29. The van der Waals surface area contributed by atoms with E-state index in [1.54, 1.807) is 0 Å². The van der Waals surface area contributed by atoms with Crippen molar-refractivity contribution >= 4 is 23.5 Å². The van der Waals surface area contributed by atoms with E-state index in [-0.39, 0.29) is 29.7 Å². The van der Waals surface area contributed by atoms with Crippen LogP contribution in [-0.4, -0.2) is 55.6 Å². The molecular formula is C20H24N6O4. The molecule has 0 unspecified atom stereocenters. The van der Waals surface area contributed by atoms with Crippen LogP contribution in [0.4, 0.5) is 0 Å². The molecule has 0 saturated heterocycles. The van der Waals surface area contributed by atoms with Crippen LogP contribution in [0.2, 0.25) is 0 Å². The molecule has 0 aromatic carbocycles. The van der Waals surface area contributed by atoms with Gasteiger partial charge in [0.25, 0.3) is 11.5 Å². The third-order valence-corrected chi connectivity index (χ3v) is 4.69. The molecule has 0 aliphatic heterocycles. The second kappa shape index (κ2) is 8.41. The number of hydrogen-bond donors (Lipinski definition) is 2. The molecule has 158 valence electrons. The predicted molar refractivity (Wildman–Crippen MR) is 109 cm³/mol. The number of nitrogens with one attached hydrogen (secondary N) is 1. The lowest BCUT2D eigenvalue weighted by atomic mass is 10.2. The first-order valence-electron chi connectivity index (χ1n) is 9.69. The monoisotopic (exact) mass is 412 g/mol. The summed E-state index contributed by atoms with van der Waals surface area (Å²) in [6, 6.07) is 1.92. The minimum absolute atomic E-state index is 0.0260. The molecule has 0 radical (unpaired) electrons. The maximum atomic E-state index is 12.9. The highest BCUT2D eigenvalue weighted by molar-refractivity contribution is 5.97. The van der Waals surface area contributed by atoms with Crippen LogP contribution >= 0.6 is 0 Å². The van der Waals surface area contributed by atoms with Gasteiger partial charge in [0.1, 0.15) is 12.2 Å². The standard InChI is InChI=1S/C20H24N6O4/c1-12(2)11-25-18-13(4-7-15(27)24(3)9-8-21)10-22-26(18)20(30)16(19(25)29)17(28)23-14-5-6-14/h4,7,10,12,14,29H,5-6,9,11H2,1-3H3,(H,23,28)/b7-4+. The van der Waals surface area contributed by atoms with Crippen molar-refractivity contribution in [3.63, 3.8) is 0 Å². The number of amides is 2. The summed E-state index contributed by atoms with van der Waals surface area (Å²) in [4.78, 5) is 38.8. The largest absolute Gasteiger partial charge is 0.494 e. The summed E-state index contributed by atoms with van der Waals surface area (Å²) in [7, 11) is 1.50. The fraction of sp³-hybridized carbons (Fsp3) is 0.450. The minimum Gasteiger partial charge on any atom is -0.494 e. The van der Waals surface area contributed by atoms with Gasteiger partial charge in [0.05, 0.1) is 12.3 Å². The van der Waals surface area contributed by atoms with Crippen molar-refractivity contribution in [2.24, 2.45) is 5.92 Å². The van der Waals surface area contributed by atoms with E-state index in [1.165, 1.54) is 34.9 Å². The molecule has 1 saturated carbocycles. The number of hydrogen-bond acceptors (Lipinski definition) is 6. The molecule has 1 aliphatic carbocycles. The van der Waals surface area contributed by atoms with Gasteiger partial charge in [-0.2, -0.15) is 14.9 Å². The van der Waals surface area contributed by atoms with Gasteiger partial charge < -0.3 is 15.3 Å². The second-order valence-corrected chi connectivity index (χ2v) is 7.78. The Kier molecular flexibility index (Phi) is 5.91. The Morgan fingerprint density at radius 2 is 2.17 bits per heavy atom. The van der Waals surface area contributed by atoms with Crippen molar-refractivity contribution in [1.29, 1.82) is 5.26 Å². The first-order valence-corrected chi connectivity index (χ1v) is 9.69. The van der Waals surface area contributed by atoms with E-state index < -0.39 is 23.3 Å². The molecule has 0 bridgehead atoms. The lowest BCUT2D eigenvalue weighted by Crippen LogP contribution is -2.34. The van der Waals surface area contributed by atoms with Crippen LogP contribution in [0.1, 0.15) is 42.6 Å². The normalized spacial score (nSPS) is 13.7. The second-order valence-electron chi connectivity index (χ2n) is 7.78. The molecule has 0 atom stereocenters. The van der Waals surface area contributed by atoms with E-state index in [4.69, 9.17) is 5.26 Å². The molecule has 2 amide bonds. The summed E-state index contributed by atoms with van der Waals surface area (Å²) in [5, 5.41) is 26.3. The molecule has 10 heteroatoms. The Morgan fingerprint density at radius 1 is 1.47 bits per heavy atom. The number of aromatic hydroxyl groups is 1. The zero-order valence-electron chi connectivity index (χ0n) is 17.1. The van der Waals surface area contributed by atoms with Crippen LogP contribution in [0, 0.1) is 17.2 Å². The van der Waals surface area contributed by atoms with Gasteiger partial charge in [0.2, 0.25) is 11.8 Å². The lowest BCUT2D eigenvalue weighted by molar-refractivity contribution is -0.124. The van der Waals surface area contributed by atoms with Crippen molar-refractivity contribution in [2.45, 2.75) is 39.3 Å². The zero-order valence-corrected chi connectivity index (χ0v) is 17.1. The average Bonchev–Trinajstić information content (AvgIpc) is 3.39. The fourth-order valence-corrected chi connectivity index (χ4v) is 3.02. The Morgan fingerprint density at radius 3 is 2.77 bits per heavy atom. The lowest BCUT2D eigenvalue weighted by Gasteiger charge is -2.17. The molecular weight excluding hydrogens is 388 g/mol. The highest BCUT2D eigenvalue weighted by atomic mass is 16.3. The van der Waals surface area contributed by atoms with Gasteiger partial charge in [0, 0.05) is 31.3 Å². The number of carbonyl (C=O) groups is 2. The van der Waals surface area contributed by atoms with Crippen molar-refractivity contribution in [1.82, 2.24) is 24.4 Å². The number of carbonyl (C=O) groups excluding carboxylic acids is 2. The first kappa shape index (κ1) is 21.1. The Hall–Kier alpha value is -3.61. The molecule has 1 fully saturated rings. The summed E-state index contributed by atoms with van der Waals surface area (Å²) in [5.74, 6) is -1.35. The first-order chi connectivity index (χ1) is 14.2. The van der Waals surface area contributed by atoms with Gasteiger partial charge in [0.15, 0.2) is 5.56 Å². The molecule has 2 aromatic rings. The Balaban J connectivity index is 2.11. The van der Waals surface area contributed by atoms with E-state index in [0.29, 0.717) is 12.1 Å². The van der Waals surface area contributed by atoms with Gasteiger partial charge in [-0.05, 0) is 24.8 Å². The average molecular weight is 412 g/mol. The maximum Gasteiger partial charge on any atom is 0.291 e. The number of aromatic nitrogens is 3. The molecule has 2 aromatic heterocycles. The van der Waals surface area contributed by atoms with Crippen molar-refractivity contribution in [2.75, 3.05) is 13.6 Å². The SMILES string of the molecule is CC(C)Cn1c(O)c(C(=O)NC2CC2)c(=O)n2ncc(/C=C/C(=O)N(C)CC#N)c12. The fourth-order valence-electron chi connectivity index (χ4n) is 3.02. The molecule has 3 rings (SSSR count). The van der Waals surface area contributed by atoms with E-state index in [1.807, 2.05) is 19.9 Å². The van der Waals surface area contributed by atoms with E-state index in [2.05, 4.69) is 10.4 Å². The molecule has 30 heavy (non-hydrogen) atoms. The predicted octanol–water partition coefficient (Wildman–Crippen LogP) is 0.745. The van der Waals surface area contributed by atoms with Gasteiger partial charge in [-0.15, -0.1) is 0 Å². The molecule has 2 heterocycles. The minimum atomic E-state index is -0.728. The van der Waals surface area contributed by atoms with Crippen LogP contribution in [-0.2, 0) is 11.3 Å². The van der Waals surface area contributed by atoms with Crippen molar-refractivity contribution in [3.8, 4) is 11.9 Å². The van der Waals surface area contributed by atoms with Crippen LogP contribution in [0.5, 0.6) is 5.88 Å². The number of nitriles is 1. The third kappa shape index (κ3) is 4.20. The summed E-state index contributed by atoms with van der Waals surface area (Å²) in [6.45, 7) is 4.14. The van der Waals surface area contributed by atoms with Crippen LogP contribution < -0.4 is 10.9 Å². The molecule has 0 spiro atoms. The zero-order chi connectivity index (χ0) is 22.0. The molecule has 1 aliphatic rings. The third-order valence-electron chi connectivity index (χ3n) is 4.69. The smallest absolute Gasteiger partial charge is 0.291 e. The van der Waals surface area contributed by atoms with E-state index in [9.17, 15) is 19.5 Å². The van der Waals surface area contributed by atoms with Gasteiger partial charge >= 0.3 is 0 Å². The highest BCUT2D eigenvalue weighted by Crippen LogP contribution is 2.24. The quantitative estimate of drug-likeness (QED) is 0.509. The van der Waals surface area contributed by atoms with Gasteiger partial charge in [-0.1, -0.05) is 13.8 Å². The Bertz CT molecular complexity index is 1120. The van der Waals surface area contributed by atoms with Crippen LogP contribution in [0.15, 0.2) is 17.1 Å². The summed E-state index contributed by atoms with van der Waals surface area (Å²) >= 11 is 0. The summed E-state index contributed by atoms with van der Waals surface area (Å²) in [5.41, 5.74) is -0.371. The summed E-state index contributed by atoms with van der Waals surface area (Å²) in [6.07, 6.45) is 5.82. The molecule has 10 nitrogen and oxygen atoms in total. The van der Waals surface area contributed by atoms with Crippen molar-refractivity contribution in [3.05, 3.63) is 33.8 Å². The van der Waals surface area contributed by atoms with Gasteiger partial charge in [-0.3, -0.25) is 19.0 Å². The topological polar surface area (TPSA) is 133 Å². The van der Waals surface area contributed by atoms with Crippen molar-refractivity contribution < 1.29 is 14.7 Å². The maximum absolute atomic E-state index is 12.9. The van der Waals surface area contributed by atoms with E-state index >= 15 is 0 Å². The number of fused-ring (bicyclic) bond motifs is 1. The molecule has 2 N–H and O–H groups in total. The summed E-state index contributed by atoms with van der Waals surface area (Å²) < 4.78 is 2.52.